The lowest BCUT2D eigenvalue weighted by Crippen LogP contribution is -2.25. The largest absolute Gasteiger partial charge is 0.351 e. The second-order valence-corrected chi connectivity index (χ2v) is 6.66. The Morgan fingerprint density at radius 2 is 1.92 bits per heavy atom. The van der Waals surface area contributed by atoms with Gasteiger partial charge in [0.15, 0.2) is 5.82 Å². The minimum Gasteiger partial charge on any atom is -0.351 e. The highest BCUT2D eigenvalue weighted by atomic mass is 35.5. The molecule has 0 bridgehead atoms. The SMILES string of the molecule is Nn1c(SCC(=O)NCc2ccccc2F)nnc1-c1ccccc1Cl. The van der Waals surface area contributed by atoms with Gasteiger partial charge in [-0.05, 0) is 18.2 Å². The number of hydrogen-bond donors (Lipinski definition) is 2. The summed E-state index contributed by atoms with van der Waals surface area (Å²) in [4.78, 5) is 12.0. The molecule has 0 spiro atoms. The van der Waals surface area contributed by atoms with E-state index in [1.165, 1.54) is 10.7 Å². The summed E-state index contributed by atoms with van der Waals surface area (Å²) in [6, 6.07) is 13.4. The van der Waals surface area contributed by atoms with Crippen LogP contribution >= 0.6 is 23.4 Å². The molecule has 0 atom stereocenters. The van der Waals surface area contributed by atoms with Gasteiger partial charge in [0.25, 0.3) is 0 Å². The van der Waals surface area contributed by atoms with Gasteiger partial charge in [-0.25, -0.2) is 9.07 Å². The molecular formula is C17H15ClFN5OS. The van der Waals surface area contributed by atoms with Gasteiger partial charge in [-0.3, -0.25) is 4.79 Å². The van der Waals surface area contributed by atoms with E-state index in [2.05, 4.69) is 15.5 Å². The first-order chi connectivity index (χ1) is 12.6. The number of halogens is 2. The average Bonchev–Trinajstić information content (AvgIpc) is 3.00. The molecule has 0 aliphatic rings. The van der Waals surface area contributed by atoms with Crippen molar-refractivity contribution in [2.24, 2.45) is 0 Å². The quantitative estimate of drug-likeness (QED) is 0.498. The number of thioether (sulfide) groups is 1. The molecule has 1 aromatic heterocycles. The molecule has 0 aliphatic heterocycles. The Hall–Kier alpha value is -2.58. The van der Waals surface area contributed by atoms with E-state index in [-0.39, 0.29) is 24.0 Å². The molecule has 26 heavy (non-hydrogen) atoms. The van der Waals surface area contributed by atoms with E-state index in [4.69, 9.17) is 17.4 Å². The lowest BCUT2D eigenvalue weighted by molar-refractivity contribution is -0.118. The predicted molar refractivity (Wildman–Crippen MR) is 99.6 cm³/mol. The molecule has 0 fully saturated rings. The fourth-order valence-corrected chi connectivity index (χ4v) is 3.13. The minimum absolute atomic E-state index is 0.0757. The summed E-state index contributed by atoms with van der Waals surface area (Å²) in [5.74, 6) is 5.87. The topological polar surface area (TPSA) is 85.8 Å². The zero-order valence-electron chi connectivity index (χ0n) is 13.5. The summed E-state index contributed by atoms with van der Waals surface area (Å²) < 4.78 is 14.8. The fraction of sp³-hybridized carbons (Fsp3) is 0.118. The van der Waals surface area contributed by atoms with Crippen molar-refractivity contribution in [2.45, 2.75) is 11.7 Å². The molecule has 0 saturated carbocycles. The van der Waals surface area contributed by atoms with Gasteiger partial charge in [0, 0.05) is 17.7 Å². The molecule has 0 unspecified atom stereocenters. The number of amides is 1. The van der Waals surface area contributed by atoms with E-state index < -0.39 is 0 Å². The van der Waals surface area contributed by atoms with Gasteiger partial charge >= 0.3 is 0 Å². The van der Waals surface area contributed by atoms with Gasteiger partial charge in [0.1, 0.15) is 5.82 Å². The first-order valence-electron chi connectivity index (χ1n) is 7.64. The van der Waals surface area contributed by atoms with Crippen LogP contribution in [0, 0.1) is 5.82 Å². The smallest absolute Gasteiger partial charge is 0.230 e. The van der Waals surface area contributed by atoms with E-state index in [9.17, 15) is 9.18 Å². The molecule has 134 valence electrons. The fourth-order valence-electron chi connectivity index (χ4n) is 2.22. The van der Waals surface area contributed by atoms with Gasteiger partial charge in [-0.2, -0.15) is 0 Å². The first kappa shape index (κ1) is 18.2. The van der Waals surface area contributed by atoms with E-state index in [0.29, 0.717) is 27.1 Å². The van der Waals surface area contributed by atoms with Crippen LogP contribution in [-0.4, -0.2) is 26.5 Å². The van der Waals surface area contributed by atoms with Crippen molar-refractivity contribution in [3.63, 3.8) is 0 Å². The van der Waals surface area contributed by atoms with Gasteiger partial charge in [-0.1, -0.05) is 53.7 Å². The second kappa shape index (κ2) is 8.20. The van der Waals surface area contributed by atoms with E-state index in [1.54, 1.807) is 36.4 Å². The highest BCUT2D eigenvalue weighted by Crippen LogP contribution is 2.27. The Kier molecular flexibility index (Phi) is 5.75. The summed E-state index contributed by atoms with van der Waals surface area (Å²) in [6.45, 7) is 0.117. The lowest BCUT2D eigenvalue weighted by Gasteiger charge is -2.07. The summed E-state index contributed by atoms with van der Waals surface area (Å²) in [5.41, 5.74) is 1.08. The molecule has 9 heteroatoms. The van der Waals surface area contributed by atoms with Crippen LogP contribution < -0.4 is 11.2 Å². The molecule has 0 radical (unpaired) electrons. The van der Waals surface area contributed by atoms with Crippen molar-refractivity contribution in [3.05, 3.63) is 64.9 Å². The molecule has 2 aromatic carbocycles. The molecule has 3 N–H and O–H groups in total. The van der Waals surface area contributed by atoms with Crippen LogP contribution in [0.2, 0.25) is 5.02 Å². The molecule has 3 rings (SSSR count). The number of hydrogen-bond acceptors (Lipinski definition) is 5. The number of benzene rings is 2. The first-order valence-corrected chi connectivity index (χ1v) is 9.01. The number of nitrogens with one attached hydrogen (secondary N) is 1. The van der Waals surface area contributed by atoms with Gasteiger partial charge < -0.3 is 11.2 Å². The maximum absolute atomic E-state index is 13.5. The normalized spacial score (nSPS) is 10.7. The number of nitrogens with two attached hydrogens (primary N) is 1. The molecule has 0 aliphatic carbocycles. The van der Waals surface area contributed by atoms with Crippen molar-refractivity contribution in [2.75, 3.05) is 11.6 Å². The molecular weight excluding hydrogens is 377 g/mol. The van der Waals surface area contributed by atoms with Crippen molar-refractivity contribution < 1.29 is 9.18 Å². The third-order valence-corrected chi connectivity index (χ3v) is 4.82. The average molecular weight is 392 g/mol. The molecule has 1 heterocycles. The number of nitrogens with zero attached hydrogens (tertiary/aromatic N) is 3. The van der Waals surface area contributed by atoms with Gasteiger partial charge in [0.2, 0.25) is 11.1 Å². The van der Waals surface area contributed by atoms with Crippen LogP contribution in [0.25, 0.3) is 11.4 Å². The van der Waals surface area contributed by atoms with Crippen molar-refractivity contribution in [3.8, 4) is 11.4 Å². The van der Waals surface area contributed by atoms with Crippen LogP contribution in [0.15, 0.2) is 53.7 Å². The number of nitrogen functional groups attached to an aromatic ring is 1. The Balaban J connectivity index is 1.59. The van der Waals surface area contributed by atoms with E-state index in [1.807, 2.05) is 6.07 Å². The highest BCUT2D eigenvalue weighted by Gasteiger charge is 2.15. The lowest BCUT2D eigenvalue weighted by atomic mass is 10.2. The van der Waals surface area contributed by atoms with E-state index >= 15 is 0 Å². The van der Waals surface area contributed by atoms with Crippen LogP contribution in [-0.2, 0) is 11.3 Å². The third kappa shape index (κ3) is 4.14. The maximum Gasteiger partial charge on any atom is 0.230 e. The Morgan fingerprint density at radius 1 is 1.19 bits per heavy atom. The molecule has 6 nitrogen and oxygen atoms in total. The number of carbonyl (C=O) groups excluding carboxylic acids is 1. The van der Waals surface area contributed by atoms with Crippen molar-refractivity contribution >= 4 is 29.3 Å². The maximum atomic E-state index is 13.5. The monoisotopic (exact) mass is 391 g/mol. The van der Waals surface area contributed by atoms with E-state index in [0.717, 1.165) is 11.8 Å². The summed E-state index contributed by atoms with van der Waals surface area (Å²) in [6.07, 6.45) is 0. The van der Waals surface area contributed by atoms with Gasteiger partial charge in [-0.15, -0.1) is 10.2 Å². The number of aromatic nitrogens is 3. The van der Waals surface area contributed by atoms with Crippen LogP contribution in [0.5, 0.6) is 0 Å². The van der Waals surface area contributed by atoms with Gasteiger partial charge in [0.05, 0.1) is 10.8 Å². The van der Waals surface area contributed by atoms with Crippen molar-refractivity contribution in [1.82, 2.24) is 20.2 Å². The Morgan fingerprint density at radius 3 is 2.69 bits per heavy atom. The number of carbonyl (C=O) groups is 1. The second-order valence-electron chi connectivity index (χ2n) is 5.31. The molecule has 0 saturated heterocycles. The van der Waals surface area contributed by atoms with Crippen LogP contribution in [0.1, 0.15) is 5.56 Å². The van der Waals surface area contributed by atoms with Crippen molar-refractivity contribution in [1.29, 1.82) is 0 Å². The zero-order valence-corrected chi connectivity index (χ0v) is 15.1. The zero-order chi connectivity index (χ0) is 18.5. The van der Waals surface area contributed by atoms with Crippen LogP contribution in [0.4, 0.5) is 4.39 Å². The standard InChI is InChI=1S/C17H15ClFN5OS/c18-13-7-3-2-6-12(13)16-22-23-17(24(16)20)26-10-15(25)21-9-11-5-1-4-8-14(11)19/h1-8H,9-10,20H2,(H,21,25). The highest BCUT2D eigenvalue weighted by molar-refractivity contribution is 7.99. The molecule has 3 aromatic rings. The third-order valence-electron chi connectivity index (χ3n) is 3.55. The summed E-state index contributed by atoms with van der Waals surface area (Å²) >= 11 is 7.27. The number of rotatable bonds is 6. The minimum atomic E-state index is -0.355. The summed E-state index contributed by atoms with van der Waals surface area (Å²) in [7, 11) is 0. The van der Waals surface area contributed by atoms with Crippen LogP contribution in [0.3, 0.4) is 0 Å². The summed E-state index contributed by atoms with van der Waals surface area (Å²) in [5, 5.41) is 11.6. The Labute approximate surface area is 158 Å². The predicted octanol–water partition coefficient (Wildman–Crippen LogP) is 2.86. The Bertz CT molecular complexity index is 933. The molecule has 1 amide bonds.